The summed E-state index contributed by atoms with van der Waals surface area (Å²) in [5, 5.41) is 19.7. The standard InChI is InChI=1S/C16H14BrN5O3/c17-13-6-19-21(9-13)7-11-2-1-3-14(4-11)20-15(23)10-22-8-12(5-18-22)16(24)25/h1-6,8-9H,7,10H2,(H,20,23)(H,24,25). The van der Waals surface area contributed by atoms with E-state index in [9.17, 15) is 9.59 Å². The Morgan fingerprint density at radius 2 is 1.96 bits per heavy atom. The molecule has 2 N–H and O–H groups in total. The quantitative estimate of drug-likeness (QED) is 0.656. The zero-order valence-electron chi connectivity index (χ0n) is 13.0. The molecule has 9 heteroatoms. The van der Waals surface area contributed by atoms with Gasteiger partial charge in [-0.05, 0) is 33.6 Å². The van der Waals surface area contributed by atoms with Crippen molar-refractivity contribution in [2.75, 3.05) is 5.32 Å². The van der Waals surface area contributed by atoms with E-state index in [0.717, 1.165) is 10.0 Å². The van der Waals surface area contributed by atoms with Gasteiger partial charge in [0.2, 0.25) is 5.91 Å². The molecule has 0 radical (unpaired) electrons. The molecule has 3 rings (SSSR count). The van der Waals surface area contributed by atoms with E-state index in [2.05, 4.69) is 31.4 Å². The van der Waals surface area contributed by atoms with Crippen LogP contribution in [0.25, 0.3) is 0 Å². The average Bonchev–Trinajstić information content (AvgIpc) is 3.17. The summed E-state index contributed by atoms with van der Waals surface area (Å²) in [6, 6.07) is 7.43. The number of carbonyl (C=O) groups excluding carboxylic acids is 1. The van der Waals surface area contributed by atoms with Crippen molar-refractivity contribution < 1.29 is 14.7 Å². The SMILES string of the molecule is O=C(Cn1cc(C(=O)O)cn1)Nc1cccc(Cn2cc(Br)cn2)c1. The highest BCUT2D eigenvalue weighted by molar-refractivity contribution is 9.10. The Morgan fingerprint density at radius 1 is 1.16 bits per heavy atom. The first-order valence-electron chi connectivity index (χ1n) is 7.32. The zero-order chi connectivity index (χ0) is 17.8. The van der Waals surface area contributed by atoms with Gasteiger partial charge in [-0.1, -0.05) is 12.1 Å². The number of carboxylic acid groups (broad SMARTS) is 1. The molecule has 0 unspecified atom stereocenters. The Hall–Kier alpha value is -2.94. The highest BCUT2D eigenvalue weighted by atomic mass is 79.9. The van der Waals surface area contributed by atoms with Gasteiger partial charge in [0.25, 0.3) is 0 Å². The maximum absolute atomic E-state index is 12.1. The third-order valence-electron chi connectivity index (χ3n) is 3.34. The number of nitrogens with one attached hydrogen (secondary N) is 1. The third-order valence-corrected chi connectivity index (χ3v) is 3.75. The van der Waals surface area contributed by atoms with Crippen molar-refractivity contribution >= 4 is 33.5 Å². The number of rotatable bonds is 6. The summed E-state index contributed by atoms with van der Waals surface area (Å²) in [6.45, 7) is 0.514. The van der Waals surface area contributed by atoms with Crippen LogP contribution in [0.4, 0.5) is 5.69 Å². The molecule has 0 spiro atoms. The number of carbonyl (C=O) groups is 2. The van der Waals surface area contributed by atoms with Gasteiger partial charge in [-0.2, -0.15) is 10.2 Å². The Morgan fingerprint density at radius 3 is 2.64 bits per heavy atom. The van der Waals surface area contributed by atoms with Crippen LogP contribution in [0.1, 0.15) is 15.9 Å². The lowest BCUT2D eigenvalue weighted by molar-refractivity contribution is -0.116. The second-order valence-electron chi connectivity index (χ2n) is 5.34. The lowest BCUT2D eigenvalue weighted by Crippen LogP contribution is -2.19. The molecule has 0 atom stereocenters. The van der Waals surface area contributed by atoms with E-state index in [1.165, 1.54) is 17.1 Å². The van der Waals surface area contributed by atoms with E-state index in [0.29, 0.717) is 12.2 Å². The monoisotopic (exact) mass is 403 g/mol. The number of nitrogens with zero attached hydrogens (tertiary/aromatic N) is 4. The molecule has 8 nitrogen and oxygen atoms in total. The summed E-state index contributed by atoms with van der Waals surface area (Å²) in [7, 11) is 0. The van der Waals surface area contributed by atoms with Crippen LogP contribution in [0.3, 0.4) is 0 Å². The fourth-order valence-corrected chi connectivity index (χ4v) is 2.60. The maximum atomic E-state index is 12.1. The van der Waals surface area contributed by atoms with Crippen LogP contribution in [0, 0.1) is 0 Å². The summed E-state index contributed by atoms with van der Waals surface area (Å²) in [6.07, 6.45) is 6.09. The van der Waals surface area contributed by atoms with Crippen molar-refractivity contribution in [3.8, 4) is 0 Å². The van der Waals surface area contributed by atoms with E-state index in [1.54, 1.807) is 16.9 Å². The second kappa shape index (κ2) is 7.31. The van der Waals surface area contributed by atoms with E-state index in [1.807, 2.05) is 24.4 Å². The molecule has 3 aromatic rings. The molecule has 25 heavy (non-hydrogen) atoms. The Labute approximate surface area is 151 Å². The molecule has 0 saturated heterocycles. The van der Waals surface area contributed by atoms with Gasteiger partial charge in [0, 0.05) is 18.1 Å². The van der Waals surface area contributed by atoms with Crippen molar-refractivity contribution in [2.24, 2.45) is 0 Å². The molecular formula is C16H14BrN5O3. The largest absolute Gasteiger partial charge is 0.478 e. The van der Waals surface area contributed by atoms with Gasteiger partial charge < -0.3 is 10.4 Å². The summed E-state index contributed by atoms with van der Waals surface area (Å²) < 4.78 is 3.96. The van der Waals surface area contributed by atoms with Crippen LogP contribution in [0.2, 0.25) is 0 Å². The third kappa shape index (κ3) is 4.54. The van der Waals surface area contributed by atoms with Gasteiger partial charge in [-0.25, -0.2) is 4.79 Å². The minimum Gasteiger partial charge on any atom is -0.478 e. The summed E-state index contributed by atoms with van der Waals surface area (Å²) in [4.78, 5) is 22.9. The first kappa shape index (κ1) is 16.9. The number of anilines is 1. The van der Waals surface area contributed by atoms with Crippen molar-refractivity contribution in [3.63, 3.8) is 0 Å². The molecule has 2 aromatic heterocycles. The average molecular weight is 404 g/mol. The van der Waals surface area contributed by atoms with Crippen molar-refractivity contribution in [1.29, 1.82) is 0 Å². The zero-order valence-corrected chi connectivity index (χ0v) is 14.5. The summed E-state index contributed by atoms with van der Waals surface area (Å²) in [5.41, 5.74) is 1.68. The minimum absolute atomic E-state index is 0.0418. The van der Waals surface area contributed by atoms with Gasteiger partial charge in [0.1, 0.15) is 6.54 Å². The predicted octanol–water partition coefficient (Wildman–Crippen LogP) is 2.23. The van der Waals surface area contributed by atoms with Crippen LogP contribution in [-0.4, -0.2) is 36.5 Å². The molecule has 0 bridgehead atoms. The number of benzene rings is 1. The van der Waals surface area contributed by atoms with Crippen LogP contribution in [0.15, 0.2) is 53.5 Å². The second-order valence-corrected chi connectivity index (χ2v) is 6.25. The van der Waals surface area contributed by atoms with Crippen molar-refractivity contribution in [1.82, 2.24) is 19.6 Å². The van der Waals surface area contributed by atoms with Crippen LogP contribution < -0.4 is 5.32 Å². The predicted molar refractivity (Wildman–Crippen MR) is 93.3 cm³/mol. The Bertz CT molecular complexity index is 918. The van der Waals surface area contributed by atoms with Crippen LogP contribution in [-0.2, 0) is 17.9 Å². The number of hydrogen-bond donors (Lipinski definition) is 2. The molecule has 1 aromatic carbocycles. The van der Waals surface area contributed by atoms with E-state index in [4.69, 9.17) is 5.11 Å². The van der Waals surface area contributed by atoms with Gasteiger partial charge in [-0.3, -0.25) is 14.2 Å². The number of carboxylic acids is 1. The molecule has 0 aliphatic rings. The maximum Gasteiger partial charge on any atom is 0.338 e. The van der Waals surface area contributed by atoms with E-state index < -0.39 is 5.97 Å². The number of aromatic carboxylic acids is 1. The molecule has 1 amide bonds. The minimum atomic E-state index is -1.08. The van der Waals surface area contributed by atoms with E-state index in [-0.39, 0.29) is 18.0 Å². The van der Waals surface area contributed by atoms with Gasteiger partial charge in [0.05, 0.1) is 29.0 Å². The summed E-state index contributed by atoms with van der Waals surface area (Å²) in [5.74, 6) is -1.37. The first-order chi connectivity index (χ1) is 12.0. The van der Waals surface area contributed by atoms with Gasteiger partial charge in [0.15, 0.2) is 0 Å². The van der Waals surface area contributed by atoms with E-state index >= 15 is 0 Å². The highest BCUT2D eigenvalue weighted by Gasteiger charge is 2.09. The van der Waals surface area contributed by atoms with Crippen molar-refractivity contribution in [3.05, 3.63) is 64.7 Å². The molecule has 0 saturated carbocycles. The molecule has 128 valence electrons. The fraction of sp³-hybridized carbons (Fsp3) is 0.125. The van der Waals surface area contributed by atoms with Crippen LogP contribution in [0.5, 0.6) is 0 Å². The molecule has 0 fully saturated rings. The highest BCUT2D eigenvalue weighted by Crippen LogP contribution is 2.13. The first-order valence-corrected chi connectivity index (χ1v) is 8.11. The summed E-state index contributed by atoms with van der Waals surface area (Å²) >= 11 is 3.35. The lowest BCUT2D eigenvalue weighted by Gasteiger charge is -2.08. The smallest absolute Gasteiger partial charge is 0.338 e. The Kier molecular flexibility index (Phi) is 4.94. The van der Waals surface area contributed by atoms with Crippen molar-refractivity contribution in [2.45, 2.75) is 13.1 Å². The molecule has 0 aliphatic carbocycles. The Balaban J connectivity index is 1.62. The lowest BCUT2D eigenvalue weighted by atomic mass is 10.2. The molecule has 2 heterocycles. The van der Waals surface area contributed by atoms with Crippen LogP contribution >= 0.6 is 15.9 Å². The number of halogens is 1. The number of aromatic nitrogens is 4. The number of hydrogen-bond acceptors (Lipinski definition) is 4. The number of amides is 1. The normalized spacial score (nSPS) is 10.6. The fourth-order valence-electron chi connectivity index (χ4n) is 2.27. The topological polar surface area (TPSA) is 102 Å². The molecule has 0 aliphatic heterocycles. The molecular weight excluding hydrogens is 390 g/mol. The van der Waals surface area contributed by atoms with Gasteiger partial charge >= 0.3 is 5.97 Å². The van der Waals surface area contributed by atoms with Gasteiger partial charge in [-0.15, -0.1) is 0 Å².